The van der Waals surface area contributed by atoms with Crippen molar-refractivity contribution in [3.05, 3.63) is 132 Å². The molecule has 4 atom stereocenters. The number of para-hydroxylation sites is 1. The van der Waals surface area contributed by atoms with Crippen molar-refractivity contribution in [2.45, 2.75) is 58.0 Å². The Morgan fingerprint density at radius 3 is 2.33 bits per heavy atom. The van der Waals surface area contributed by atoms with Crippen LogP contribution in [0.25, 0.3) is 22.2 Å². The highest BCUT2D eigenvalue weighted by molar-refractivity contribution is 5.89. The van der Waals surface area contributed by atoms with E-state index in [-0.39, 0.29) is 37.4 Å². The number of urea groups is 1. The molecular formula is C42H47N7O5. The third-order valence-electron chi connectivity index (χ3n) is 10.1. The molecule has 1 saturated heterocycles. The third kappa shape index (κ3) is 9.38. The van der Waals surface area contributed by atoms with Crippen LogP contribution in [0.3, 0.4) is 0 Å². The highest BCUT2D eigenvalue weighted by Crippen LogP contribution is 2.25. The molecule has 6 rings (SSSR count). The summed E-state index contributed by atoms with van der Waals surface area (Å²) in [5, 5.41) is 27.0. The SMILES string of the molecule is CC[C@H](C)[C@@H](C(=O)N[C@@H](Cc1ccccc1)[C@@H](O)CN(Cc1ccc(-c2ccccn2)cc1)NC(=O)O)N1CCN(Cc2ccnc3ccccc23)C1=O. The van der Waals surface area contributed by atoms with Gasteiger partial charge in [0.05, 0.1) is 23.4 Å². The van der Waals surface area contributed by atoms with Gasteiger partial charge in [0.15, 0.2) is 0 Å². The molecule has 1 aliphatic rings. The van der Waals surface area contributed by atoms with E-state index < -0.39 is 24.3 Å². The number of fused-ring (bicyclic) bond motifs is 1. The number of aliphatic hydroxyl groups is 1. The lowest BCUT2D eigenvalue weighted by molar-refractivity contribution is -0.128. The normalized spacial score (nSPS) is 15.2. The van der Waals surface area contributed by atoms with Crippen molar-refractivity contribution in [2.24, 2.45) is 5.92 Å². The van der Waals surface area contributed by atoms with Crippen LogP contribution >= 0.6 is 0 Å². The van der Waals surface area contributed by atoms with Crippen LogP contribution in [-0.4, -0.2) is 90.8 Å². The second-order valence-corrected chi connectivity index (χ2v) is 13.8. The number of amides is 4. The quantitative estimate of drug-likeness (QED) is 0.0942. The molecule has 12 heteroatoms. The van der Waals surface area contributed by atoms with E-state index in [1.807, 2.05) is 117 Å². The second kappa shape index (κ2) is 17.8. The van der Waals surface area contributed by atoms with Crippen molar-refractivity contribution >= 4 is 28.9 Å². The van der Waals surface area contributed by atoms with Gasteiger partial charge in [0.2, 0.25) is 5.91 Å². The first-order valence-corrected chi connectivity index (χ1v) is 18.4. The average Bonchev–Trinajstić information content (AvgIpc) is 3.53. The van der Waals surface area contributed by atoms with Crippen LogP contribution in [-0.2, 0) is 24.3 Å². The number of benzene rings is 3. The fourth-order valence-electron chi connectivity index (χ4n) is 7.03. The maximum Gasteiger partial charge on any atom is 0.419 e. The summed E-state index contributed by atoms with van der Waals surface area (Å²) in [5.41, 5.74) is 7.69. The predicted molar refractivity (Wildman–Crippen MR) is 207 cm³/mol. The van der Waals surface area contributed by atoms with Gasteiger partial charge in [-0.3, -0.25) is 20.2 Å². The Hall–Kier alpha value is -5.85. The van der Waals surface area contributed by atoms with Crippen molar-refractivity contribution < 1.29 is 24.6 Å². The molecule has 280 valence electrons. The minimum atomic E-state index is -1.27. The Labute approximate surface area is 315 Å². The maximum atomic E-state index is 14.4. The number of aromatic nitrogens is 2. The standard InChI is InChI=1S/C42H47N7O5/c1-3-29(2)39(49-24-23-47(42(49)54)27-33-20-22-44-36-15-8-7-13-34(33)36)40(51)45-37(25-30-11-5-4-6-12-30)38(50)28-48(46-41(52)53)26-31-16-18-32(19-17-31)35-14-9-10-21-43-35/h4-22,29,37-39,46,50H,3,23-28H2,1-2H3,(H,45,51)(H,52,53)/t29-,37-,38-,39-/m0/s1. The topological polar surface area (TPSA) is 151 Å². The van der Waals surface area contributed by atoms with Gasteiger partial charge >= 0.3 is 12.1 Å². The van der Waals surface area contributed by atoms with E-state index in [1.165, 1.54) is 5.01 Å². The van der Waals surface area contributed by atoms with Crippen LogP contribution in [0.4, 0.5) is 9.59 Å². The summed E-state index contributed by atoms with van der Waals surface area (Å²) >= 11 is 0. The average molecular weight is 730 g/mol. The minimum absolute atomic E-state index is 0.115. The van der Waals surface area contributed by atoms with Gasteiger partial charge in [-0.1, -0.05) is 99.1 Å². The van der Waals surface area contributed by atoms with Gasteiger partial charge in [0.1, 0.15) is 6.04 Å². The van der Waals surface area contributed by atoms with Crippen molar-refractivity contribution in [2.75, 3.05) is 19.6 Å². The lowest BCUT2D eigenvalue weighted by atomic mass is 9.95. The summed E-state index contributed by atoms with van der Waals surface area (Å²) in [6, 6.07) is 30.7. The van der Waals surface area contributed by atoms with E-state index >= 15 is 0 Å². The number of hydrogen-bond donors (Lipinski definition) is 4. The number of nitrogens with zero attached hydrogens (tertiary/aromatic N) is 5. The summed E-state index contributed by atoms with van der Waals surface area (Å²) in [7, 11) is 0. The first-order chi connectivity index (χ1) is 26.2. The number of nitrogens with one attached hydrogen (secondary N) is 2. The number of carbonyl (C=O) groups excluding carboxylic acids is 2. The first kappa shape index (κ1) is 37.9. The lowest BCUT2D eigenvalue weighted by Gasteiger charge is -2.34. The Morgan fingerprint density at radius 2 is 1.61 bits per heavy atom. The Balaban J connectivity index is 1.19. The van der Waals surface area contributed by atoms with Crippen LogP contribution in [0.1, 0.15) is 37.0 Å². The highest BCUT2D eigenvalue weighted by atomic mass is 16.4. The molecule has 0 spiro atoms. The van der Waals surface area contributed by atoms with Crippen molar-refractivity contribution in [3.8, 4) is 11.3 Å². The van der Waals surface area contributed by atoms with E-state index in [1.54, 1.807) is 22.2 Å². The van der Waals surface area contributed by atoms with E-state index in [2.05, 4.69) is 20.7 Å². The van der Waals surface area contributed by atoms with E-state index in [0.29, 0.717) is 26.1 Å². The van der Waals surface area contributed by atoms with Crippen molar-refractivity contribution in [1.29, 1.82) is 0 Å². The van der Waals surface area contributed by atoms with Crippen LogP contribution in [0.15, 0.2) is 116 Å². The van der Waals surface area contributed by atoms with Gasteiger partial charge in [-0.05, 0) is 53.3 Å². The number of carboxylic acid groups (broad SMARTS) is 1. The molecule has 0 bridgehead atoms. The van der Waals surface area contributed by atoms with Crippen LogP contribution < -0.4 is 10.7 Å². The molecule has 5 aromatic rings. The van der Waals surface area contributed by atoms with Crippen LogP contribution in [0.2, 0.25) is 0 Å². The number of rotatable bonds is 16. The zero-order valence-corrected chi connectivity index (χ0v) is 30.6. The molecule has 0 aliphatic carbocycles. The first-order valence-electron chi connectivity index (χ1n) is 18.4. The van der Waals surface area contributed by atoms with Crippen molar-refractivity contribution in [3.63, 3.8) is 0 Å². The molecule has 4 N–H and O–H groups in total. The molecule has 3 aromatic carbocycles. The zero-order valence-electron chi connectivity index (χ0n) is 30.6. The molecule has 0 radical (unpaired) electrons. The van der Waals surface area contributed by atoms with E-state index in [0.717, 1.165) is 38.9 Å². The maximum absolute atomic E-state index is 14.4. The van der Waals surface area contributed by atoms with Crippen LogP contribution in [0.5, 0.6) is 0 Å². The van der Waals surface area contributed by atoms with Gasteiger partial charge in [-0.15, -0.1) is 0 Å². The summed E-state index contributed by atoms with van der Waals surface area (Å²) in [6.07, 6.45) is 1.95. The number of carbonyl (C=O) groups is 3. The molecule has 2 aromatic heterocycles. The lowest BCUT2D eigenvalue weighted by Crippen LogP contribution is -2.58. The molecule has 1 aliphatic heterocycles. The predicted octanol–water partition coefficient (Wildman–Crippen LogP) is 5.72. The highest BCUT2D eigenvalue weighted by Gasteiger charge is 2.41. The monoisotopic (exact) mass is 729 g/mol. The van der Waals surface area contributed by atoms with E-state index in [4.69, 9.17) is 0 Å². The number of hydrazine groups is 1. The largest absolute Gasteiger partial charge is 0.464 e. The second-order valence-electron chi connectivity index (χ2n) is 13.8. The van der Waals surface area contributed by atoms with Crippen molar-refractivity contribution in [1.82, 2.24) is 35.5 Å². The molecule has 0 saturated carbocycles. The minimum Gasteiger partial charge on any atom is -0.464 e. The van der Waals surface area contributed by atoms with Gasteiger partial charge < -0.3 is 25.3 Å². The Bertz CT molecular complexity index is 2010. The zero-order chi connectivity index (χ0) is 38.0. The summed E-state index contributed by atoms with van der Waals surface area (Å²) in [6.45, 7) is 5.23. The van der Waals surface area contributed by atoms with E-state index in [9.17, 15) is 24.6 Å². The number of hydrogen-bond acceptors (Lipinski definition) is 7. The Kier molecular flexibility index (Phi) is 12.5. The van der Waals surface area contributed by atoms with Gasteiger partial charge in [-0.25, -0.2) is 14.6 Å². The molecule has 4 amide bonds. The fraction of sp³-hybridized carbons (Fsp3) is 0.310. The molecule has 1 fully saturated rings. The van der Waals surface area contributed by atoms with Gasteiger partial charge in [-0.2, -0.15) is 0 Å². The van der Waals surface area contributed by atoms with Crippen LogP contribution in [0, 0.1) is 5.92 Å². The summed E-state index contributed by atoms with van der Waals surface area (Å²) in [4.78, 5) is 52.5. The third-order valence-corrected chi connectivity index (χ3v) is 10.1. The molecule has 0 unspecified atom stereocenters. The Morgan fingerprint density at radius 1 is 0.870 bits per heavy atom. The molecular weight excluding hydrogens is 683 g/mol. The molecule has 3 heterocycles. The summed E-state index contributed by atoms with van der Waals surface area (Å²) in [5.74, 6) is -0.541. The smallest absolute Gasteiger partial charge is 0.419 e. The van der Waals surface area contributed by atoms with Gasteiger partial charge in [0, 0.05) is 56.1 Å². The fourth-order valence-corrected chi connectivity index (χ4v) is 7.03. The van der Waals surface area contributed by atoms with Gasteiger partial charge in [0.25, 0.3) is 0 Å². The molecule has 54 heavy (non-hydrogen) atoms. The molecule has 12 nitrogen and oxygen atoms in total. The summed E-state index contributed by atoms with van der Waals surface area (Å²) < 4.78 is 0. The number of pyridine rings is 2. The number of aliphatic hydroxyl groups excluding tert-OH is 1.